The van der Waals surface area contributed by atoms with Gasteiger partial charge in [0.15, 0.2) is 0 Å². The van der Waals surface area contributed by atoms with Crippen LogP contribution in [-0.4, -0.2) is 0 Å². The first kappa shape index (κ1) is 25.0. The first-order valence-electron chi connectivity index (χ1n) is 13.6. The highest BCUT2D eigenvalue weighted by molar-refractivity contribution is 5.64. The third-order valence-corrected chi connectivity index (χ3v) is 6.92. The Hall–Kier alpha value is -5.28. The molecule has 40 heavy (non-hydrogen) atoms. The minimum atomic E-state index is 0.0994. The zero-order valence-corrected chi connectivity index (χ0v) is 22.2. The fourth-order valence-corrected chi connectivity index (χ4v) is 4.92. The standard InChI is InChI=1S/C37H31N3/c1-4-10-31(11-5-1)38-34-22-16-28(17-23-34)37(29-18-24-35(25-19-29)39-32-12-6-2-7-13-32)30-20-26-36(27-21-30)40-33-14-8-3-9-15-33/h1-27,37-40H. The van der Waals surface area contributed by atoms with E-state index in [4.69, 9.17) is 0 Å². The topological polar surface area (TPSA) is 36.1 Å². The van der Waals surface area contributed by atoms with Gasteiger partial charge in [-0.15, -0.1) is 0 Å². The summed E-state index contributed by atoms with van der Waals surface area (Å²) in [6.07, 6.45) is 0. The van der Waals surface area contributed by atoms with Gasteiger partial charge < -0.3 is 16.0 Å². The molecule has 3 heteroatoms. The van der Waals surface area contributed by atoms with Crippen LogP contribution >= 0.6 is 0 Å². The van der Waals surface area contributed by atoms with Crippen molar-refractivity contribution >= 4 is 34.1 Å². The lowest BCUT2D eigenvalue weighted by Gasteiger charge is -2.21. The highest BCUT2D eigenvalue weighted by Crippen LogP contribution is 2.35. The second kappa shape index (κ2) is 12.1. The molecule has 0 amide bonds. The fourth-order valence-electron chi connectivity index (χ4n) is 4.92. The van der Waals surface area contributed by atoms with E-state index in [0.29, 0.717) is 0 Å². The highest BCUT2D eigenvalue weighted by atomic mass is 14.9. The van der Waals surface area contributed by atoms with Gasteiger partial charge >= 0.3 is 0 Å². The average molecular weight is 518 g/mol. The highest BCUT2D eigenvalue weighted by Gasteiger charge is 2.17. The predicted molar refractivity (Wildman–Crippen MR) is 169 cm³/mol. The molecular weight excluding hydrogens is 486 g/mol. The Balaban J connectivity index is 1.28. The van der Waals surface area contributed by atoms with Crippen LogP contribution in [0.4, 0.5) is 34.1 Å². The maximum absolute atomic E-state index is 3.49. The summed E-state index contributed by atoms with van der Waals surface area (Å²) in [6, 6.07) is 57.1. The van der Waals surface area contributed by atoms with Crippen molar-refractivity contribution in [3.05, 3.63) is 180 Å². The van der Waals surface area contributed by atoms with E-state index < -0.39 is 0 Å². The monoisotopic (exact) mass is 517 g/mol. The largest absolute Gasteiger partial charge is 0.356 e. The molecule has 0 atom stereocenters. The molecule has 0 heterocycles. The number of para-hydroxylation sites is 3. The van der Waals surface area contributed by atoms with Gasteiger partial charge in [-0.05, 0) is 89.5 Å². The lowest BCUT2D eigenvalue weighted by molar-refractivity contribution is 0.978. The molecule has 0 aliphatic carbocycles. The van der Waals surface area contributed by atoms with Crippen molar-refractivity contribution in [1.82, 2.24) is 0 Å². The van der Waals surface area contributed by atoms with Gasteiger partial charge in [0.2, 0.25) is 0 Å². The van der Waals surface area contributed by atoms with Gasteiger partial charge in [-0.2, -0.15) is 0 Å². The summed E-state index contributed by atoms with van der Waals surface area (Å²) in [5, 5.41) is 10.5. The molecule has 194 valence electrons. The van der Waals surface area contributed by atoms with Crippen molar-refractivity contribution in [2.45, 2.75) is 5.92 Å². The summed E-state index contributed by atoms with van der Waals surface area (Å²) in [7, 11) is 0. The second-order valence-corrected chi connectivity index (χ2v) is 9.77. The number of nitrogens with one attached hydrogen (secondary N) is 3. The van der Waals surface area contributed by atoms with E-state index in [2.05, 4.69) is 125 Å². The Bertz CT molecular complexity index is 1410. The van der Waals surface area contributed by atoms with Gasteiger partial charge in [0.25, 0.3) is 0 Å². The molecule has 3 N–H and O–H groups in total. The van der Waals surface area contributed by atoms with Crippen LogP contribution in [0.3, 0.4) is 0 Å². The smallest absolute Gasteiger partial charge is 0.0384 e. The molecule has 0 aliphatic heterocycles. The van der Waals surface area contributed by atoms with Crippen molar-refractivity contribution in [3.63, 3.8) is 0 Å². The van der Waals surface area contributed by atoms with Crippen LogP contribution in [0, 0.1) is 0 Å². The van der Waals surface area contributed by atoms with E-state index >= 15 is 0 Å². The molecule has 0 aromatic heterocycles. The van der Waals surface area contributed by atoms with Crippen LogP contribution in [0.2, 0.25) is 0 Å². The summed E-state index contributed by atoms with van der Waals surface area (Å²) in [5.41, 5.74) is 10.2. The lowest BCUT2D eigenvalue weighted by Crippen LogP contribution is -2.04. The summed E-state index contributed by atoms with van der Waals surface area (Å²) in [5.74, 6) is 0.0994. The second-order valence-electron chi connectivity index (χ2n) is 9.77. The van der Waals surface area contributed by atoms with E-state index in [0.717, 1.165) is 34.1 Å². The molecule has 3 nitrogen and oxygen atoms in total. The SMILES string of the molecule is c1ccc(Nc2ccc(C(c3ccc(Nc4ccccc4)cc3)c3ccc(Nc4ccccc4)cc3)cc2)cc1. The van der Waals surface area contributed by atoms with Crippen LogP contribution < -0.4 is 16.0 Å². The molecule has 6 aromatic carbocycles. The van der Waals surface area contributed by atoms with Gasteiger partial charge in [0, 0.05) is 40.0 Å². The molecule has 6 aromatic rings. The molecule has 0 bridgehead atoms. The number of rotatable bonds is 9. The van der Waals surface area contributed by atoms with E-state index in [1.165, 1.54) is 16.7 Å². The van der Waals surface area contributed by atoms with Gasteiger partial charge in [0.05, 0.1) is 0 Å². The minimum Gasteiger partial charge on any atom is -0.356 e. The average Bonchev–Trinajstić information content (AvgIpc) is 3.01. The summed E-state index contributed by atoms with van der Waals surface area (Å²) in [6.45, 7) is 0. The fraction of sp³-hybridized carbons (Fsp3) is 0.0270. The Labute approximate surface area is 236 Å². The summed E-state index contributed by atoms with van der Waals surface area (Å²) < 4.78 is 0. The normalized spacial score (nSPS) is 10.7. The zero-order chi connectivity index (χ0) is 27.0. The molecular formula is C37H31N3. The molecule has 0 aliphatic rings. The van der Waals surface area contributed by atoms with Crippen molar-refractivity contribution in [2.24, 2.45) is 0 Å². The van der Waals surface area contributed by atoms with Crippen LogP contribution in [-0.2, 0) is 0 Å². The number of anilines is 6. The van der Waals surface area contributed by atoms with Crippen molar-refractivity contribution in [3.8, 4) is 0 Å². The Morgan fingerprint density at radius 2 is 0.475 bits per heavy atom. The molecule has 0 radical (unpaired) electrons. The van der Waals surface area contributed by atoms with Crippen LogP contribution in [0.25, 0.3) is 0 Å². The number of hydrogen-bond acceptors (Lipinski definition) is 3. The van der Waals surface area contributed by atoms with Gasteiger partial charge in [-0.3, -0.25) is 0 Å². The van der Waals surface area contributed by atoms with Crippen LogP contribution in [0.5, 0.6) is 0 Å². The van der Waals surface area contributed by atoms with Gasteiger partial charge in [-0.25, -0.2) is 0 Å². The van der Waals surface area contributed by atoms with E-state index in [9.17, 15) is 0 Å². The zero-order valence-electron chi connectivity index (χ0n) is 22.2. The minimum absolute atomic E-state index is 0.0994. The van der Waals surface area contributed by atoms with Crippen molar-refractivity contribution < 1.29 is 0 Å². The maximum atomic E-state index is 3.49. The third-order valence-electron chi connectivity index (χ3n) is 6.92. The van der Waals surface area contributed by atoms with Crippen LogP contribution in [0.15, 0.2) is 164 Å². The van der Waals surface area contributed by atoms with E-state index in [1.54, 1.807) is 0 Å². The van der Waals surface area contributed by atoms with Crippen molar-refractivity contribution in [2.75, 3.05) is 16.0 Å². The molecule has 0 unspecified atom stereocenters. The molecule has 0 fully saturated rings. The Kier molecular flexibility index (Phi) is 7.54. The molecule has 0 spiro atoms. The molecule has 6 rings (SSSR count). The molecule has 0 saturated heterocycles. The van der Waals surface area contributed by atoms with Crippen molar-refractivity contribution in [1.29, 1.82) is 0 Å². The summed E-state index contributed by atoms with van der Waals surface area (Å²) in [4.78, 5) is 0. The summed E-state index contributed by atoms with van der Waals surface area (Å²) >= 11 is 0. The van der Waals surface area contributed by atoms with Gasteiger partial charge in [0.1, 0.15) is 0 Å². The Morgan fingerprint density at radius 3 is 0.725 bits per heavy atom. The Morgan fingerprint density at radius 1 is 0.250 bits per heavy atom. The first-order valence-corrected chi connectivity index (χ1v) is 13.6. The van der Waals surface area contributed by atoms with Gasteiger partial charge in [-0.1, -0.05) is 91.0 Å². The maximum Gasteiger partial charge on any atom is 0.0384 e. The van der Waals surface area contributed by atoms with E-state index in [-0.39, 0.29) is 5.92 Å². The quantitative estimate of drug-likeness (QED) is 0.167. The predicted octanol–water partition coefficient (Wildman–Crippen LogP) is 10.1. The van der Waals surface area contributed by atoms with Crippen LogP contribution in [0.1, 0.15) is 22.6 Å². The number of benzene rings is 6. The number of hydrogen-bond donors (Lipinski definition) is 3. The lowest BCUT2D eigenvalue weighted by atomic mass is 9.85. The first-order chi connectivity index (χ1) is 19.8. The third kappa shape index (κ3) is 6.23. The van der Waals surface area contributed by atoms with E-state index in [1.807, 2.05) is 54.6 Å². The molecule has 0 saturated carbocycles.